The van der Waals surface area contributed by atoms with Gasteiger partial charge in [0.05, 0.1) is 17.8 Å². The molecule has 4 bridgehead atoms. The molecule has 0 unspecified atom stereocenters. The van der Waals surface area contributed by atoms with Gasteiger partial charge in [0, 0.05) is 42.1 Å². The van der Waals surface area contributed by atoms with Crippen LogP contribution in [0.2, 0.25) is 0 Å². The summed E-state index contributed by atoms with van der Waals surface area (Å²) >= 11 is 1.44. The first kappa shape index (κ1) is 26.6. The van der Waals surface area contributed by atoms with Crippen LogP contribution >= 0.6 is 11.3 Å². The van der Waals surface area contributed by atoms with Crippen LogP contribution in [0.1, 0.15) is 44.5 Å². The molecule has 1 aromatic heterocycles. The zero-order valence-corrected chi connectivity index (χ0v) is 22.9. The molecule has 2 N–H and O–H groups in total. The van der Waals surface area contributed by atoms with Crippen molar-refractivity contribution in [3.8, 4) is 0 Å². The first-order valence-electron chi connectivity index (χ1n) is 13.1. The van der Waals surface area contributed by atoms with Crippen LogP contribution in [0.3, 0.4) is 0 Å². The largest absolute Gasteiger partial charge is 0.489 e. The van der Waals surface area contributed by atoms with Gasteiger partial charge in [-0.25, -0.2) is 4.79 Å². The van der Waals surface area contributed by atoms with Crippen molar-refractivity contribution in [2.24, 2.45) is 29.6 Å². The number of hydrogen-bond donors (Lipinski definition) is 2. The van der Waals surface area contributed by atoms with Crippen molar-refractivity contribution in [1.82, 2.24) is 0 Å². The Morgan fingerprint density at radius 3 is 2.73 bits per heavy atom. The fourth-order valence-electron chi connectivity index (χ4n) is 7.18. The Bertz CT molecular complexity index is 1080. The molecule has 0 aromatic carbocycles. The van der Waals surface area contributed by atoms with Gasteiger partial charge >= 0.3 is 5.97 Å². The second-order valence-corrected chi connectivity index (χ2v) is 11.9. The second kappa shape index (κ2) is 9.97. The molecule has 1 saturated heterocycles. The summed E-state index contributed by atoms with van der Waals surface area (Å²) in [6, 6.07) is 1.75. The number of carbonyl (C=O) groups is 1. The molecule has 202 valence electrons. The summed E-state index contributed by atoms with van der Waals surface area (Å²) in [5.74, 6) is -0.817. The van der Waals surface area contributed by atoms with E-state index < -0.39 is 42.1 Å². The van der Waals surface area contributed by atoms with Crippen LogP contribution in [-0.4, -0.2) is 65.5 Å². The standard InChI is InChI=1S/C29H38O7S/c1-14-11-15(2)29-20(12-22(33-6)18(5)34-25(14)17(4)30)7-8-21-23(29)24(31)16(3)26(27(21)36-29)35-28(32)19-9-10-37-13-19/h7-11,13-14,16-17,20-27,30-31H,5,12H2,1-4,6H3/b15-11+/t14-,16-,17-,20-,21-,22+,23+,24-,25+,26-,27-,29+/m1/s1. The summed E-state index contributed by atoms with van der Waals surface area (Å²) in [7, 11) is 1.63. The van der Waals surface area contributed by atoms with E-state index in [1.54, 1.807) is 25.5 Å². The Morgan fingerprint density at radius 1 is 1.32 bits per heavy atom. The lowest BCUT2D eigenvalue weighted by molar-refractivity contribution is -0.108. The number of aliphatic hydroxyl groups excluding tert-OH is 2. The predicted octanol–water partition coefficient (Wildman–Crippen LogP) is 4.12. The van der Waals surface area contributed by atoms with E-state index in [2.05, 4.69) is 24.8 Å². The highest BCUT2D eigenvalue weighted by Crippen LogP contribution is 2.61. The average Bonchev–Trinajstić information content (AvgIpc) is 3.46. The van der Waals surface area contributed by atoms with Crippen LogP contribution < -0.4 is 0 Å². The molecule has 37 heavy (non-hydrogen) atoms. The van der Waals surface area contributed by atoms with Crippen LogP contribution in [0.5, 0.6) is 0 Å². The van der Waals surface area contributed by atoms with Gasteiger partial charge in [-0.2, -0.15) is 11.3 Å². The molecule has 2 aliphatic carbocycles. The van der Waals surface area contributed by atoms with Gasteiger partial charge in [-0.15, -0.1) is 0 Å². The Morgan fingerprint density at radius 2 is 2.08 bits per heavy atom. The smallest absolute Gasteiger partial charge is 0.339 e. The van der Waals surface area contributed by atoms with E-state index in [-0.39, 0.29) is 35.7 Å². The normalized spacial score (nSPS) is 45.3. The van der Waals surface area contributed by atoms with Crippen molar-refractivity contribution in [2.75, 3.05) is 7.11 Å². The van der Waals surface area contributed by atoms with Gasteiger partial charge in [-0.3, -0.25) is 0 Å². The lowest BCUT2D eigenvalue weighted by atomic mass is 9.57. The Labute approximate surface area is 222 Å². The van der Waals surface area contributed by atoms with Crippen molar-refractivity contribution in [3.05, 3.63) is 58.5 Å². The van der Waals surface area contributed by atoms with Gasteiger partial charge in [0.2, 0.25) is 0 Å². The van der Waals surface area contributed by atoms with E-state index in [4.69, 9.17) is 18.9 Å². The minimum atomic E-state index is -0.812. The number of aliphatic hydroxyl groups is 2. The molecule has 1 aromatic rings. The molecule has 5 rings (SSSR count). The maximum atomic E-state index is 12.9. The van der Waals surface area contributed by atoms with Gasteiger partial charge in [0.25, 0.3) is 0 Å². The van der Waals surface area contributed by atoms with E-state index in [0.717, 1.165) is 5.57 Å². The zero-order chi connectivity index (χ0) is 26.6. The maximum absolute atomic E-state index is 12.9. The van der Waals surface area contributed by atoms with Crippen LogP contribution in [0.25, 0.3) is 0 Å². The summed E-state index contributed by atoms with van der Waals surface area (Å²) in [6.07, 6.45) is 3.55. The fraction of sp³-hybridized carbons (Fsp3) is 0.621. The first-order valence-corrected chi connectivity index (χ1v) is 14.1. The molecule has 1 saturated carbocycles. The second-order valence-electron chi connectivity index (χ2n) is 11.2. The third-order valence-corrected chi connectivity index (χ3v) is 9.69. The van der Waals surface area contributed by atoms with Crippen molar-refractivity contribution in [3.63, 3.8) is 0 Å². The molecule has 4 aliphatic rings. The van der Waals surface area contributed by atoms with E-state index >= 15 is 0 Å². The van der Waals surface area contributed by atoms with E-state index in [0.29, 0.717) is 17.7 Å². The molecule has 0 radical (unpaired) electrons. The molecule has 2 aliphatic heterocycles. The van der Waals surface area contributed by atoms with E-state index in [1.807, 2.05) is 26.2 Å². The third-order valence-electron chi connectivity index (χ3n) is 9.01. The molecular formula is C29H38O7S. The van der Waals surface area contributed by atoms with E-state index in [1.165, 1.54) is 11.3 Å². The number of ether oxygens (including phenoxy) is 4. The average molecular weight is 531 g/mol. The zero-order valence-electron chi connectivity index (χ0n) is 22.1. The number of rotatable bonds is 4. The van der Waals surface area contributed by atoms with Crippen molar-refractivity contribution in [1.29, 1.82) is 0 Å². The van der Waals surface area contributed by atoms with Gasteiger partial charge in [0.15, 0.2) is 0 Å². The highest BCUT2D eigenvalue weighted by Gasteiger charge is 2.69. The summed E-state index contributed by atoms with van der Waals surface area (Å²) in [6.45, 7) is 11.8. The third kappa shape index (κ3) is 4.21. The van der Waals surface area contributed by atoms with Crippen LogP contribution in [0.15, 0.2) is 53.0 Å². The molecule has 8 heteroatoms. The molecule has 2 fully saturated rings. The Balaban J connectivity index is 1.58. The monoisotopic (exact) mass is 530 g/mol. The predicted molar refractivity (Wildman–Crippen MR) is 140 cm³/mol. The maximum Gasteiger partial charge on any atom is 0.339 e. The lowest BCUT2D eigenvalue weighted by Gasteiger charge is -2.49. The fourth-order valence-corrected chi connectivity index (χ4v) is 7.81. The minimum Gasteiger partial charge on any atom is -0.489 e. The molecule has 12 atom stereocenters. The topological polar surface area (TPSA) is 94.5 Å². The molecule has 3 heterocycles. The van der Waals surface area contributed by atoms with Crippen molar-refractivity contribution >= 4 is 17.3 Å². The number of esters is 1. The summed E-state index contributed by atoms with van der Waals surface area (Å²) in [5, 5.41) is 25.9. The van der Waals surface area contributed by atoms with Crippen molar-refractivity contribution < 1.29 is 34.0 Å². The molecular weight excluding hydrogens is 492 g/mol. The van der Waals surface area contributed by atoms with Gasteiger partial charge in [-0.05, 0) is 37.3 Å². The number of thiophene rings is 1. The summed E-state index contributed by atoms with van der Waals surface area (Å²) in [5.41, 5.74) is 0.683. The van der Waals surface area contributed by atoms with E-state index in [9.17, 15) is 15.0 Å². The van der Waals surface area contributed by atoms with Gasteiger partial charge < -0.3 is 29.2 Å². The quantitative estimate of drug-likeness (QED) is 0.447. The number of carbonyl (C=O) groups excluding carboxylic acids is 1. The highest BCUT2D eigenvalue weighted by molar-refractivity contribution is 7.08. The first-order chi connectivity index (χ1) is 17.6. The lowest BCUT2D eigenvalue weighted by Crippen LogP contribution is -2.57. The van der Waals surface area contributed by atoms with Crippen LogP contribution in [0, 0.1) is 29.6 Å². The SMILES string of the molecule is C=C1O[C@H]([C@@H](C)O)[C@H](C)/C=C(\C)[C@]23O[C@@H]4[C@H](C=C[C@@H]2C[C@@H]1OC)[C@H]3[C@H](O)[C@@H](C)[C@H]4OC(=O)c1ccsc1. The van der Waals surface area contributed by atoms with Gasteiger partial charge in [0.1, 0.15) is 35.8 Å². The number of methoxy groups -OCH3 is 1. The molecule has 7 nitrogen and oxygen atoms in total. The van der Waals surface area contributed by atoms with Crippen LogP contribution in [-0.2, 0) is 18.9 Å². The summed E-state index contributed by atoms with van der Waals surface area (Å²) in [4.78, 5) is 12.9. The minimum absolute atomic E-state index is 0.0997. The molecule has 0 amide bonds. The summed E-state index contributed by atoms with van der Waals surface area (Å²) < 4.78 is 25.0. The Kier molecular flexibility index (Phi) is 7.17. The molecule has 1 spiro atoms. The van der Waals surface area contributed by atoms with Crippen LogP contribution in [0.4, 0.5) is 0 Å². The number of hydrogen-bond acceptors (Lipinski definition) is 8. The van der Waals surface area contributed by atoms with Crippen molar-refractivity contribution in [2.45, 2.75) is 76.3 Å². The van der Waals surface area contributed by atoms with Gasteiger partial charge in [-0.1, -0.05) is 38.7 Å². The highest BCUT2D eigenvalue weighted by atomic mass is 32.1. The Hall–Kier alpha value is -1.97.